The summed E-state index contributed by atoms with van der Waals surface area (Å²) in [5.41, 5.74) is 4.28. The zero-order valence-electron chi connectivity index (χ0n) is 13.1. The second-order valence-electron chi connectivity index (χ2n) is 4.94. The summed E-state index contributed by atoms with van der Waals surface area (Å²) in [6.07, 6.45) is 2.41. The number of rotatable bonds is 5. The molecule has 132 valence electrons. The highest BCUT2D eigenvalue weighted by atomic mass is 16.6. The number of hydrogen-bond donors (Lipinski definition) is 2. The van der Waals surface area contributed by atoms with E-state index >= 15 is 0 Å². The molecule has 0 aromatic heterocycles. The fraction of sp³-hybridized carbons (Fsp3) is 0. The number of hydrazine groups is 1. The van der Waals surface area contributed by atoms with E-state index < -0.39 is 21.7 Å². The van der Waals surface area contributed by atoms with E-state index in [1.165, 1.54) is 42.5 Å². The number of benzene rings is 2. The van der Waals surface area contributed by atoms with Gasteiger partial charge in [-0.05, 0) is 17.7 Å². The van der Waals surface area contributed by atoms with Crippen molar-refractivity contribution in [2.75, 3.05) is 0 Å². The van der Waals surface area contributed by atoms with Crippen LogP contribution in [0.5, 0.6) is 0 Å². The lowest BCUT2D eigenvalue weighted by Crippen LogP contribution is -2.40. The molecule has 0 atom stereocenters. The van der Waals surface area contributed by atoms with E-state index in [0.717, 1.165) is 12.1 Å². The summed E-state index contributed by atoms with van der Waals surface area (Å²) >= 11 is 0. The molecule has 2 aromatic rings. The van der Waals surface area contributed by atoms with Gasteiger partial charge < -0.3 is 0 Å². The zero-order chi connectivity index (χ0) is 19.1. The maximum Gasteiger partial charge on any atom is 0.270 e. The van der Waals surface area contributed by atoms with Crippen LogP contribution in [-0.4, -0.2) is 21.7 Å². The molecule has 0 bridgehead atoms. The third-order valence-corrected chi connectivity index (χ3v) is 3.13. The minimum atomic E-state index is -0.731. The quantitative estimate of drug-likeness (QED) is 0.476. The lowest BCUT2D eigenvalue weighted by molar-refractivity contribution is -0.385. The highest BCUT2D eigenvalue weighted by Gasteiger charge is 2.11. The van der Waals surface area contributed by atoms with Gasteiger partial charge in [-0.3, -0.25) is 40.7 Å². The standard InChI is InChI=1S/C16H12N4O6/c21-15(8-7-11-3-1-5-13(9-11)19(23)24)17-18-16(22)12-4-2-6-14(10-12)20(25)26/h1-10H,(H,17,21)(H,18,22)/b8-7+. The first-order valence-electron chi connectivity index (χ1n) is 7.14. The molecule has 10 heteroatoms. The number of nitrogens with zero attached hydrogens (tertiary/aromatic N) is 2. The Balaban J connectivity index is 1.95. The fourth-order valence-corrected chi connectivity index (χ4v) is 1.91. The van der Waals surface area contributed by atoms with E-state index in [2.05, 4.69) is 10.9 Å². The van der Waals surface area contributed by atoms with Gasteiger partial charge in [-0.25, -0.2) is 0 Å². The fourth-order valence-electron chi connectivity index (χ4n) is 1.91. The van der Waals surface area contributed by atoms with E-state index in [-0.39, 0.29) is 16.9 Å². The highest BCUT2D eigenvalue weighted by molar-refractivity contribution is 5.98. The number of nitro benzene ring substituents is 2. The topological polar surface area (TPSA) is 144 Å². The maximum absolute atomic E-state index is 11.9. The Morgan fingerprint density at radius 1 is 0.885 bits per heavy atom. The van der Waals surface area contributed by atoms with E-state index in [4.69, 9.17) is 0 Å². The molecule has 0 spiro atoms. The molecule has 0 aliphatic rings. The Morgan fingerprint density at radius 2 is 1.50 bits per heavy atom. The molecule has 0 saturated heterocycles. The number of nitro groups is 2. The van der Waals surface area contributed by atoms with Gasteiger partial charge in [0.2, 0.25) is 0 Å². The first-order valence-corrected chi connectivity index (χ1v) is 7.14. The summed E-state index contributed by atoms with van der Waals surface area (Å²) in [7, 11) is 0. The summed E-state index contributed by atoms with van der Waals surface area (Å²) in [4.78, 5) is 43.7. The van der Waals surface area contributed by atoms with E-state index in [1.54, 1.807) is 6.07 Å². The molecule has 2 amide bonds. The Labute approximate surface area is 146 Å². The van der Waals surface area contributed by atoms with Crippen LogP contribution in [0.1, 0.15) is 15.9 Å². The molecule has 0 unspecified atom stereocenters. The Hall–Kier alpha value is -4.08. The molecular weight excluding hydrogens is 344 g/mol. The second kappa shape index (κ2) is 8.15. The molecule has 0 saturated carbocycles. The lowest BCUT2D eigenvalue weighted by atomic mass is 10.2. The van der Waals surface area contributed by atoms with Crippen molar-refractivity contribution in [2.24, 2.45) is 0 Å². The molecular formula is C16H12N4O6. The average Bonchev–Trinajstić information content (AvgIpc) is 2.64. The van der Waals surface area contributed by atoms with Crippen LogP contribution < -0.4 is 10.9 Å². The van der Waals surface area contributed by atoms with E-state index in [9.17, 15) is 29.8 Å². The molecule has 0 heterocycles. The predicted molar refractivity (Wildman–Crippen MR) is 90.8 cm³/mol. The second-order valence-corrected chi connectivity index (χ2v) is 4.94. The van der Waals surface area contributed by atoms with Crippen molar-refractivity contribution in [1.29, 1.82) is 0 Å². The number of non-ortho nitro benzene ring substituents is 2. The van der Waals surface area contributed by atoms with Crippen molar-refractivity contribution in [1.82, 2.24) is 10.9 Å². The van der Waals surface area contributed by atoms with Crippen molar-refractivity contribution in [3.05, 3.63) is 86.0 Å². The molecule has 0 aliphatic heterocycles. The minimum Gasteiger partial charge on any atom is -0.268 e. The highest BCUT2D eigenvalue weighted by Crippen LogP contribution is 2.14. The van der Waals surface area contributed by atoms with Crippen LogP contribution in [0.25, 0.3) is 6.08 Å². The van der Waals surface area contributed by atoms with Gasteiger partial charge in [-0.15, -0.1) is 0 Å². The predicted octanol–water partition coefficient (Wildman–Crippen LogP) is 1.98. The average molecular weight is 356 g/mol. The number of amides is 2. The molecule has 0 aliphatic carbocycles. The lowest BCUT2D eigenvalue weighted by Gasteiger charge is -2.05. The van der Waals surface area contributed by atoms with Crippen molar-refractivity contribution >= 4 is 29.3 Å². The summed E-state index contributed by atoms with van der Waals surface area (Å²) in [5, 5.41) is 21.4. The molecule has 0 fully saturated rings. The molecule has 2 N–H and O–H groups in total. The first kappa shape index (κ1) is 18.3. The largest absolute Gasteiger partial charge is 0.270 e. The third-order valence-electron chi connectivity index (χ3n) is 3.13. The monoisotopic (exact) mass is 356 g/mol. The first-order chi connectivity index (χ1) is 12.4. The molecule has 2 aromatic carbocycles. The minimum absolute atomic E-state index is 0.00200. The summed E-state index contributed by atoms with van der Waals surface area (Å²) < 4.78 is 0. The van der Waals surface area contributed by atoms with Gasteiger partial charge in [-0.1, -0.05) is 18.2 Å². The van der Waals surface area contributed by atoms with Crippen LogP contribution in [0, 0.1) is 20.2 Å². The van der Waals surface area contributed by atoms with Gasteiger partial charge in [0.05, 0.1) is 9.85 Å². The molecule has 10 nitrogen and oxygen atoms in total. The summed E-state index contributed by atoms with van der Waals surface area (Å²) in [6, 6.07) is 10.6. The third kappa shape index (κ3) is 4.96. The SMILES string of the molecule is O=C(/C=C/c1cccc([N+](=O)[O-])c1)NNC(=O)c1cccc([N+](=O)[O-])c1. The molecule has 0 radical (unpaired) electrons. The Morgan fingerprint density at radius 3 is 2.15 bits per heavy atom. The van der Waals surface area contributed by atoms with Crippen molar-refractivity contribution < 1.29 is 19.4 Å². The number of carbonyl (C=O) groups is 2. The van der Waals surface area contributed by atoms with Gasteiger partial charge in [-0.2, -0.15) is 0 Å². The van der Waals surface area contributed by atoms with Crippen LogP contribution >= 0.6 is 0 Å². The van der Waals surface area contributed by atoms with E-state index in [1.807, 2.05) is 0 Å². The van der Waals surface area contributed by atoms with Crippen LogP contribution in [0.3, 0.4) is 0 Å². The molecule has 26 heavy (non-hydrogen) atoms. The number of carbonyl (C=O) groups excluding carboxylic acids is 2. The maximum atomic E-state index is 11.9. The van der Waals surface area contributed by atoms with Gasteiger partial charge in [0.15, 0.2) is 0 Å². The summed E-state index contributed by atoms with van der Waals surface area (Å²) in [6.45, 7) is 0. The van der Waals surface area contributed by atoms with Crippen molar-refractivity contribution in [3.63, 3.8) is 0 Å². The van der Waals surface area contributed by atoms with Gasteiger partial charge in [0.1, 0.15) is 0 Å². The summed E-state index contributed by atoms with van der Waals surface area (Å²) in [5.74, 6) is -1.42. The Bertz CT molecular complexity index is 909. The van der Waals surface area contributed by atoms with Crippen molar-refractivity contribution in [2.45, 2.75) is 0 Å². The van der Waals surface area contributed by atoms with Crippen LogP contribution in [0.15, 0.2) is 54.6 Å². The molecule has 2 rings (SSSR count). The van der Waals surface area contributed by atoms with Crippen LogP contribution in [0.2, 0.25) is 0 Å². The Kier molecular flexibility index (Phi) is 5.72. The smallest absolute Gasteiger partial charge is 0.268 e. The van der Waals surface area contributed by atoms with Crippen molar-refractivity contribution in [3.8, 4) is 0 Å². The van der Waals surface area contributed by atoms with Crippen LogP contribution in [-0.2, 0) is 4.79 Å². The zero-order valence-corrected chi connectivity index (χ0v) is 13.1. The van der Waals surface area contributed by atoms with Gasteiger partial charge >= 0.3 is 0 Å². The van der Waals surface area contributed by atoms with Crippen LogP contribution in [0.4, 0.5) is 11.4 Å². The number of nitrogens with one attached hydrogen (secondary N) is 2. The normalized spacial score (nSPS) is 10.3. The number of hydrogen-bond acceptors (Lipinski definition) is 6. The van der Waals surface area contributed by atoms with Gasteiger partial charge in [0, 0.05) is 35.9 Å². The van der Waals surface area contributed by atoms with E-state index in [0.29, 0.717) is 5.56 Å². The van der Waals surface area contributed by atoms with Gasteiger partial charge in [0.25, 0.3) is 23.2 Å².